The summed E-state index contributed by atoms with van der Waals surface area (Å²) in [6.07, 6.45) is 4.27. The number of ether oxygens (including phenoxy) is 2. The van der Waals surface area contributed by atoms with Gasteiger partial charge < -0.3 is 19.7 Å². The summed E-state index contributed by atoms with van der Waals surface area (Å²) in [6, 6.07) is 0. The van der Waals surface area contributed by atoms with Crippen molar-refractivity contribution in [3.05, 3.63) is 11.7 Å². The maximum Gasteiger partial charge on any atom is 0.252 e. The fraction of sp³-hybridized carbons (Fsp3) is 0.857. The summed E-state index contributed by atoms with van der Waals surface area (Å²) in [5.41, 5.74) is 4.99. The summed E-state index contributed by atoms with van der Waals surface area (Å²) in [5.74, 6) is 1.77. The van der Waals surface area contributed by atoms with Crippen LogP contribution in [0.3, 0.4) is 0 Å². The second-order valence-corrected chi connectivity index (χ2v) is 5.48. The Hall–Kier alpha value is -0.980. The number of aromatic nitrogens is 2. The minimum Gasteiger partial charge on any atom is -0.370 e. The van der Waals surface area contributed by atoms with Crippen LogP contribution in [0.4, 0.5) is 0 Å². The number of hydrogen-bond acceptors (Lipinski definition) is 6. The molecule has 1 aliphatic rings. The SMILES string of the molecule is CCOC1(c2noc(COCCN)n2)CCCC(C)C1. The van der Waals surface area contributed by atoms with Crippen LogP contribution in [0.25, 0.3) is 0 Å². The zero-order valence-corrected chi connectivity index (χ0v) is 12.4. The molecule has 2 rings (SSSR count). The van der Waals surface area contributed by atoms with Gasteiger partial charge in [-0.3, -0.25) is 0 Å². The van der Waals surface area contributed by atoms with Crippen molar-refractivity contribution in [1.82, 2.24) is 10.1 Å². The Labute approximate surface area is 120 Å². The zero-order valence-electron chi connectivity index (χ0n) is 12.4. The van der Waals surface area contributed by atoms with Crippen molar-refractivity contribution in [3.63, 3.8) is 0 Å². The molecular weight excluding hydrogens is 258 g/mol. The van der Waals surface area contributed by atoms with E-state index < -0.39 is 0 Å². The van der Waals surface area contributed by atoms with Crippen LogP contribution in [0.1, 0.15) is 51.2 Å². The van der Waals surface area contributed by atoms with E-state index in [1.165, 1.54) is 6.42 Å². The highest BCUT2D eigenvalue weighted by Gasteiger charge is 2.41. The summed E-state index contributed by atoms with van der Waals surface area (Å²) in [5, 5.41) is 4.12. The summed E-state index contributed by atoms with van der Waals surface area (Å²) < 4.78 is 16.6. The van der Waals surface area contributed by atoms with Crippen molar-refractivity contribution in [2.24, 2.45) is 11.7 Å². The van der Waals surface area contributed by atoms with Crippen molar-refractivity contribution >= 4 is 0 Å². The third kappa shape index (κ3) is 3.56. The van der Waals surface area contributed by atoms with E-state index in [4.69, 9.17) is 19.7 Å². The van der Waals surface area contributed by atoms with Crippen LogP contribution in [0.2, 0.25) is 0 Å². The molecule has 2 N–H and O–H groups in total. The molecule has 1 aromatic rings. The molecule has 1 heterocycles. The number of nitrogens with two attached hydrogens (primary N) is 1. The Bertz CT molecular complexity index is 406. The van der Waals surface area contributed by atoms with Crippen molar-refractivity contribution in [1.29, 1.82) is 0 Å². The van der Waals surface area contributed by atoms with Crippen LogP contribution in [0.15, 0.2) is 4.52 Å². The summed E-state index contributed by atoms with van der Waals surface area (Å²) >= 11 is 0. The first-order chi connectivity index (χ1) is 9.70. The maximum absolute atomic E-state index is 6.02. The fourth-order valence-corrected chi connectivity index (χ4v) is 2.92. The molecule has 0 spiro atoms. The van der Waals surface area contributed by atoms with Gasteiger partial charge in [-0.25, -0.2) is 0 Å². The van der Waals surface area contributed by atoms with E-state index >= 15 is 0 Å². The molecule has 20 heavy (non-hydrogen) atoms. The topological polar surface area (TPSA) is 83.4 Å². The van der Waals surface area contributed by atoms with E-state index in [9.17, 15) is 0 Å². The lowest BCUT2D eigenvalue weighted by Crippen LogP contribution is -2.36. The van der Waals surface area contributed by atoms with Crippen LogP contribution in [-0.4, -0.2) is 29.9 Å². The smallest absolute Gasteiger partial charge is 0.252 e. The highest BCUT2D eigenvalue weighted by molar-refractivity contribution is 5.04. The molecule has 6 nitrogen and oxygen atoms in total. The second-order valence-electron chi connectivity index (χ2n) is 5.48. The van der Waals surface area contributed by atoms with E-state index in [1.54, 1.807) is 0 Å². The third-order valence-electron chi connectivity index (χ3n) is 3.74. The summed E-state index contributed by atoms with van der Waals surface area (Å²) in [6.45, 7) is 6.19. The molecule has 0 radical (unpaired) electrons. The largest absolute Gasteiger partial charge is 0.370 e. The fourth-order valence-electron chi connectivity index (χ4n) is 2.92. The minimum absolute atomic E-state index is 0.307. The normalized spacial score (nSPS) is 26.9. The average Bonchev–Trinajstić information content (AvgIpc) is 2.89. The zero-order chi connectivity index (χ0) is 14.4. The Balaban J connectivity index is 2.09. The van der Waals surface area contributed by atoms with E-state index in [-0.39, 0.29) is 5.60 Å². The summed E-state index contributed by atoms with van der Waals surface area (Å²) in [7, 11) is 0. The molecule has 0 aliphatic heterocycles. The van der Waals surface area contributed by atoms with Gasteiger partial charge in [-0.1, -0.05) is 18.5 Å². The Kier molecular flexibility index (Phi) is 5.51. The van der Waals surface area contributed by atoms with Gasteiger partial charge in [-0.2, -0.15) is 4.98 Å². The molecule has 1 saturated carbocycles. The third-order valence-corrected chi connectivity index (χ3v) is 3.74. The van der Waals surface area contributed by atoms with Crippen LogP contribution in [0.5, 0.6) is 0 Å². The van der Waals surface area contributed by atoms with Crippen molar-refractivity contribution in [2.75, 3.05) is 19.8 Å². The van der Waals surface area contributed by atoms with E-state index in [2.05, 4.69) is 17.1 Å². The van der Waals surface area contributed by atoms with Crippen LogP contribution in [-0.2, 0) is 21.7 Å². The second kappa shape index (κ2) is 7.15. The molecule has 0 amide bonds. The minimum atomic E-state index is -0.387. The van der Waals surface area contributed by atoms with E-state index in [0.717, 1.165) is 19.3 Å². The Morgan fingerprint density at radius 2 is 2.35 bits per heavy atom. The predicted octanol–water partition coefficient (Wildman–Crippen LogP) is 1.99. The lowest BCUT2D eigenvalue weighted by molar-refractivity contribution is -0.0891. The van der Waals surface area contributed by atoms with Gasteiger partial charge in [0.25, 0.3) is 5.89 Å². The first-order valence-corrected chi connectivity index (χ1v) is 7.45. The van der Waals surface area contributed by atoms with Crippen molar-refractivity contribution in [2.45, 2.75) is 51.7 Å². The van der Waals surface area contributed by atoms with E-state index in [1.807, 2.05) is 6.92 Å². The lowest BCUT2D eigenvalue weighted by atomic mass is 9.78. The molecule has 0 bridgehead atoms. The van der Waals surface area contributed by atoms with Crippen LogP contribution < -0.4 is 5.73 Å². The van der Waals surface area contributed by atoms with Gasteiger partial charge in [0.2, 0.25) is 5.82 Å². The maximum atomic E-state index is 6.02. The Morgan fingerprint density at radius 3 is 3.05 bits per heavy atom. The predicted molar refractivity (Wildman–Crippen MR) is 73.9 cm³/mol. The molecule has 1 aromatic heterocycles. The molecule has 6 heteroatoms. The summed E-state index contributed by atoms with van der Waals surface area (Å²) in [4.78, 5) is 4.46. The molecule has 2 atom stereocenters. The highest BCUT2D eigenvalue weighted by Crippen LogP contribution is 2.41. The van der Waals surface area contributed by atoms with Gasteiger partial charge in [0, 0.05) is 13.2 Å². The number of hydrogen-bond donors (Lipinski definition) is 1. The van der Waals surface area contributed by atoms with E-state index in [0.29, 0.717) is 44.0 Å². The quantitative estimate of drug-likeness (QED) is 0.770. The molecule has 0 aromatic carbocycles. The lowest BCUT2D eigenvalue weighted by Gasteiger charge is -2.37. The number of rotatable bonds is 7. The first-order valence-electron chi connectivity index (χ1n) is 7.45. The molecule has 1 aliphatic carbocycles. The van der Waals surface area contributed by atoms with Gasteiger partial charge >= 0.3 is 0 Å². The van der Waals surface area contributed by atoms with Gasteiger partial charge in [0.1, 0.15) is 12.2 Å². The monoisotopic (exact) mass is 283 g/mol. The van der Waals surface area contributed by atoms with Crippen molar-refractivity contribution < 1.29 is 14.0 Å². The highest BCUT2D eigenvalue weighted by atomic mass is 16.5. The molecule has 1 fully saturated rings. The van der Waals surface area contributed by atoms with Crippen LogP contribution >= 0.6 is 0 Å². The van der Waals surface area contributed by atoms with Gasteiger partial charge in [0.05, 0.1) is 6.61 Å². The molecule has 0 saturated heterocycles. The van der Waals surface area contributed by atoms with Crippen molar-refractivity contribution in [3.8, 4) is 0 Å². The first kappa shape index (κ1) is 15.4. The molecule has 114 valence electrons. The van der Waals surface area contributed by atoms with Gasteiger partial charge in [0.15, 0.2) is 0 Å². The standard InChI is InChI=1S/C14H25N3O3/c1-3-19-14(6-4-5-11(2)9-14)13-16-12(20-17-13)10-18-8-7-15/h11H,3-10,15H2,1-2H3. The number of nitrogens with zero attached hydrogens (tertiary/aromatic N) is 2. The van der Waals surface area contributed by atoms with Gasteiger partial charge in [-0.15, -0.1) is 0 Å². The van der Waals surface area contributed by atoms with Crippen LogP contribution in [0, 0.1) is 5.92 Å². The molecule has 2 unspecified atom stereocenters. The average molecular weight is 283 g/mol. The Morgan fingerprint density at radius 1 is 1.50 bits per heavy atom. The van der Waals surface area contributed by atoms with Gasteiger partial charge in [-0.05, 0) is 32.1 Å². The molecular formula is C14H25N3O3.